The summed E-state index contributed by atoms with van der Waals surface area (Å²) >= 11 is 0. The third-order valence-electron chi connectivity index (χ3n) is 0. The molecule has 7 heavy (non-hydrogen) atoms. The molecule has 0 aromatic carbocycles. The SMILES string of the molecule is CO.CO.CO.[Cr]. The van der Waals surface area contributed by atoms with Gasteiger partial charge in [-0.15, -0.1) is 0 Å². The van der Waals surface area contributed by atoms with Crippen LogP contribution in [0.4, 0.5) is 0 Å². The van der Waals surface area contributed by atoms with Gasteiger partial charge in [-0.2, -0.15) is 0 Å². The summed E-state index contributed by atoms with van der Waals surface area (Å²) in [6, 6.07) is 0. The first kappa shape index (κ1) is 26.2. The van der Waals surface area contributed by atoms with Crippen molar-refractivity contribution in [2.75, 3.05) is 21.3 Å². The van der Waals surface area contributed by atoms with Crippen LogP contribution >= 0.6 is 0 Å². The molecule has 0 bridgehead atoms. The molecule has 0 radical (unpaired) electrons. The summed E-state index contributed by atoms with van der Waals surface area (Å²) in [5.74, 6) is 0. The molecule has 0 aromatic heterocycles. The minimum atomic E-state index is 0. The monoisotopic (exact) mass is 148 g/mol. The van der Waals surface area contributed by atoms with E-state index in [1.165, 1.54) is 0 Å². The average molecular weight is 148 g/mol. The second-order valence-corrected chi connectivity index (χ2v) is 0. The Morgan fingerprint density at radius 1 is 0.571 bits per heavy atom. The third kappa shape index (κ3) is 734. The Labute approximate surface area is 54.7 Å². The van der Waals surface area contributed by atoms with Gasteiger partial charge in [0.2, 0.25) is 0 Å². The maximum absolute atomic E-state index is 7.00. The van der Waals surface area contributed by atoms with Gasteiger partial charge in [0.05, 0.1) is 0 Å². The molecule has 0 spiro atoms. The molecule has 0 aliphatic carbocycles. The number of aliphatic hydroxyl groups is 3. The first-order chi connectivity index (χ1) is 3.00. The standard InChI is InChI=1S/3CH4O.Cr/c3*1-2;/h3*2H,1H3;. The molecule has 0 fully saturated rings. The van der Waals surface area contributed by atoms with Gasteiger partial charge in [0.25, 0.3) is 0 Å². The van der Waals surface area contributed by atoms with Gasteiger partial charge in [0.15, 0.2) is 0 Å². The maximum atomic E-state index is 7.00. The second-order valence-electron chi connectivity index (χ2n) is 0. The molecule has 0 aliphatic heterocycles. The normalized spacial score (nSPS) is 2.57. The molecular formula is C3H12CrO3. The minimum absolute atomic E-state index is 0. The van der Waals surface area contributed by atoms with Gasteiger partial charge in [-0.05, 0) is 0 Å². The van der Waals surface area contributed by atoms with E-state index in [-0.39, 0.29) is 17.4 Å². The topological polar surface area (TPSA) is 60.7 Å². The Morgan fingerprint density at radius 3 is 0.571 bits per heavy atom. The molecule has 0 aliphatic rings. The summed E-state index contributed by atoms with van der Waals surface area (Å²) in [5.41, 5.74) is 0. The summed E-state index contributed by atoms with van der Waals surface area (Å²) in [6.07, 6.45) is 0. The van der Waals surface area contributed by atoms with Crippen LogP contribution in [0.25, 0.3) is 0 Å². The predicted octanol–water partition coefficient (Wildman–Crippen LogP) is -1.18. The Kier molecular flexibility index (Phi) is 4130. The average Bonchev–Trinajstić information content (AvgIpc) is 1.81. The first-order valence-electron chi connectivity index (χ1n) is 1.34. The van der Waals surface area contributed by atoms with Crippen molar-refractivity contribution >= 4 is 0 Å². The largest absolute Gasteiger partial charge is 0.400 e. The van der Waals surface area contributed by atoms with Crippen LogP contribution in [0, 0.1) is 0 Å². The molecule has 0 aromatic rings. The Hall–Kier alpha value is 0.412. The zero-order valence-electron chi connectivity index (χ0n) is 4.75. The van der Waals surface area contributed by atoms with Crippen molar-refractivity contribution in [3.8, 4) is 0 Å². The van der Waals surface area contributed by atoms with Crippen LogP contribution < -0.4 is 0 Å². The van der Waals surface area contributed by atoms with Crippen LogP contribution in [0.15, 0.2) is 0 Å². The van der Waals surface area contributed by atoms with Crippen molar-refractivity contribution in [3.05, 3.63) is 0 Å². The van der Waals surface area contributed by atoms with Gasteiger partial charge in [0, 0.05) is 38.7 Å². The number of hydrogen-bond acceptors (Lipinski definition) is 3. The fourth-order valence-electron chi connectivity index (χ4n) is 0. The van der Waals surface area contributed by atoms with Crippen LogP contribution in [0.2, 0.25) is 0 Å². The van der Waals surface area contributed by atoms with Crippen molar-refractivity contribution in [1.29, 1.82) is 0 Å². The van der Waals surface area contributed by atoms with Crippen molar-refractivity contribution in [2.45, 2.75) is 0 Å². The number of hydrogen-bond donors (Lipinski definition) is 3. The molecule has 3 nitrogen and oxygen atoms in total. The molecule has 48 valence electrons. The van der Waals surface area contributed by atoms with E-state index in [4.69, 9.17) is 15.3 Å². The molecule has 0 amide bonds. The van der Waals surface area contributed by atoms with E-state index >= 15 is 0 Å². The van der Waals surface area contributed by atoms with Crippen LogP contribution in [0.1, 0.15) is 0 Å². The fourth-order valence-corrected chi connectivity index (χ4v) is 0. The smallest absolute Gasteiger partial charge is 0.0319 e. The van der Waals surface area contributed by atoms with Crippen LogP contribution in [0.3, 0.4) is 0 Å². The van der Waals surface area contributed by atoms with Crippen LogP contribution in [-0.4, -0.2) is 36.6 Å². The van der Waals surface area contributed by atoms with Gasteiger partial charge in [-0.25, -0.2) is 0 Å². The third-order valence-corrected chi connectivity index (χ3v) is 0. The molecule has 4 heteroatoms. The summed E-state index contributed by atoms with van der Waals surface area (Å²) in [4.78, 5) is 0. The van der Waals surface area contributed by atoms with Gasteiger partial charge >= 0.3 is 0 Å². The van der Waals surface area contributed by atoms with E-state index in [1.807, 2.05) is 0 Å². The molecule has 3 N–H and O–H groups in total. The van der Waals surface area contributed by atoms with Crippen molar-refractivity contribution in [1.82, 2.24) is 0 Å². The van der Waals surface area contributed by atoms with Crippen molar-refractivity contribution < 1.29 is 32.7 Å². The minimum Gasteiger partial charge on any atom is -0.400 e. The fraction of sp³-hybridized carbons (Fsp3) is 1.00. The summed E-state index contributed by atoms with van der Waals surface area (Å²) in [7, 11) is 3.00. The zero-order valence-corrected chi connectivity index (χ0v) is 6.02. The second kappa shape index (κ2) is 1100. The van der Waals surface area contributed by atoms with Crippen molar-refractivity contribution in [2.24, 2.45) is 0 Å². The van der Waals surface area contributed by atoms with E-state index in [2.05, 4.69) is 0 Å². The molecule has 0 heterocycles. The van der Waals surface area contributed by atoms with Crippen LogP contribution in [-0.2, 0) is 17.4 Å². The first-order valence-corrected chi connectivity index (χ1v) is 1.34. The summed E-state index contributed by atoms with van der Waals surface area (Å²) in [6.45, 7) is 0. The van der Waals surface area contributed by atoms with E-state index in [0.29, 0.717) is 0 Å². The van der Waals surface area contributed by atoms with Gasteiger partial charge in [0.1, 0.15) is 0 Å². The molecule has 0 rings (SSSR count). The predicted molar refractivity (Wildman–Crippen MR) is 24.4 cm³/mol. The van der Waals surface area contributed by atoms with E-state index in [1.54, 1.807) is 0 Å². The Bertz CT molecular complexity index is 10.1. The van der Waals surface area contributed by atoms with Crippen LogP contribution in [0.5, 0.6) is 0 Å². The molecule has 0 unspecified atom stereocenters. The number of aliphatic hydroxyl groups excluding tert-OH is 3. The van der Waals surface area contributed by atoms with E-state index in [9.17, 15) is 0 Å². The summed E-state index contributed by atoms with van der Waals surface area (Å²) < 4.78 is 0. The quantitative estimate of drug-likeness (QED) is 0.405. The van der Waals surface area contributed by atoms with Crippen molar-refractivity contribution in [3.63, 3.8) is 0 Å². The summed E-state index contributed by atoms with van der Waals surface area (Å²) in [5, 5.41) is 21.0. The molecule has 0 atom stereocenters. The van der Waals surface area contributed by atoms with Gasteiger partial charge in [-0.3, -0.25) is 0 Å². The maximum Gasteiger partial charge on any atom is 0.0319 e. The molecular weight excluding hydrogens is 136 g/mol. The van der Waals surface area contributed by atoms with E-state index in [0.717, 1.165) is 21.3 Å². The number of rotatable bonds is 0. The van der Waals surface area contributed by atoms with Gasteiger partial charge in [-0.1, -0.05) is 0 Å². The van der Waals surface area contributed by atoms with Gasteiger partial charge < -0.3 is 15.3 Å². The Morgan fingerprint density at radius 2 is 0.571 bits per heavy atom. The molecule has 0 saturated heterocycles. The van der Waals surface area contributed by atoms with E-state index < -0.39 is 0 Å². The zero-order chi connectivity index (χ0) is 6.00. The Balaban J connectivity index is -0.00000000900. The molecule has 0 saturated carbocycles.